The van der Waals surface area contributed by atoms with Crippen molar-refractivity contribution in [2.75, 3.05) is 5.75 Å². The lowest BCUT2D eigenvalue weighted by Gasteiger charge is -2.25. The topological polar surface area (TPSA) is 54.5 Å². The van der Waals surface area contributed by atoms with Crippen molar-refractivity contribution in [1.29, 1.82) is 0 Å². The van der Waals surface area contributed by atoms with Crippen LogP contribution in [0.15, 0.2) is 54.6 Å². The van der Waals surface area contributed by atoms with E-state index in [9.17, 15) is 14.4 Å². The van der Waals surface area contributed by atoms with Gasteiger partial charge < -0.3 is 0 Å². The van der Waals surface area contributed by atoms with Gasteiger partial charge in [0, 0.05) is 6.42 Å². The molecular formula is C20H19NO3S. The second kappa shape index (κ2) is 7.66. The van der Waals surface area contributed by atoms with Gasteiger partial charge in [-0.15, -0.1) is 0 Å². The van der Waals surface area contributed by atoms with Crippen LogP contribution in [0.2, 0.25) is 0 Å². The van der Waals surface area contributed by atoms with E-state index < -0.39 is 6.04 Å². The molecule has 0 bridgehead atoms. The molecule has 0 aromatic heterocycles. The van der Waals surface area contributed by atoms with Crippen molar-refractivity contribution in [2.24, 2.45) is 0 Å². The van der Waals surface area contributed by atoms with Crippen molar-refractivity contribution in [3.63, 3.8) is 0 Å². The first-order chi connectivity index (χ1) is 12.1. The average molecular weight is 353 g/mol. The van der Waals surface area contributed by atoms with Gasteiger partial charge in [-0.3, -0.25) is 19.3 Å². The standard InChI is InChI=1S/C20H19NO3S/c1-2-25-18(22)13-15(12-14-8-4-3-5-9-14)21-19(23)16-10-6-7-11-17(16)20(21)24/h3-11,15H,2,12-13H2,1H3/t15-/m0/s1. The van der Waals surface area contributed by atoms with Crippen LogP contribution in [0.5, 0.6) is 0 Å². The van der Waals surface area contributed by atoms with Crippen LogP contribution in [-0.4, -0.2) is 33.6 Å². The van der Waals surface area contributed by atoms with Gasteiger partial charge in [0.15, 0.2) is 5.12 Å². The van der Waals surface area contributed by atoms with Gasteiger partial charge in [-0.2, -0.15) is 0 Å². The van der Waals surface area contributed by atoms with Gasteiger partial charge in [-0.1, -0.05) is 61.2 Å². The predicted molar refractivity (Wildman–Crippen MR) is 98.6 cm³/mol. The fraction of sp³-hybridized carbons (Fsp3) is 0.250. The number of nitrogens with zero attached hydrogens (tertiary/aromatic N) is 1. The van der Waals surface area contributed by atoms with Crippen LogP contribution in [0, 0.1) is 0 Å². The summed E-state index contributed by atoms with van der Waals surface area (Å²) in [5, 5.41) is -0.0000118. The number of benzene rings is 2. The first kappa shape index (κ1) is 17.4. The molecular weight excluding hydrogens is 334 g/mol. The Labute approximate surface area is 151 Å². The number of hydrogen-bond donors (Lipinski definition) is 0. The third kappa shape index (κ3) is 3.66. The highest BCUT2D eigenvalue weighted by Gasteiger charge is 2.40. The summed E-state index contributed by atoms with van der Waals surface area (Å²) in [6.45, 7) is 1.91. The van der Waals surface area contributed by atoms with E-state index in [1.165, 1.54) is 16.7 Å². The molecule has 25 heavy (non-hydrogen) atoms. The van der Waals surface area contributed by atoms with Crippen LogP contribution in [0.4, 0.5) is 0 Å². The second-order valence-corrected chi connectivity index (χ2v) is 7.20. The van der Waals surface area contributed by atoms with Crippen LogP contribution in [0.25, 0.3) is 0 Å². The molecule has 1 aliphatic rings. The molecule has 0 saturated carbocycles. The zero-order valence-corrected chi connectivity index (χ0v) is 14.8. The lowest BCUT2D eigenvalue weighted by molar-refractivity contribution is -0.111. The number of amides is 2. The van der Waals surface area contributed by atoms with Crippen molar-refractivity contribution in [2.45, 2.75) is 25.8 Å². The maximum Gasteiger partial charge on any atom is 0.261 e. The number of carbonyl (C=O) groups excluding carboxylic acids is 3. The molecule has 3 rings (SSSR count). The molecule has 2 aromatic rings. The van der Waals surface area contributed by atoms with Gasteiger partial charge in [0.05, 0.1) is 17.2 Å². The first-order valence-corrected chi connectivity index (χ1v) is 9.26. The number of rotatable bonds is 6. The zero-order chi connectivity index (χ0) is 17.8. The van der Waals surface area contributed by atoms with Gasteiger partial charge in [0.25, 0.3) is 11.8 Å². The summed E-state index contributed by atoms with van der Waals surface area (Å²) in [6, 6.07) is 16.0. The highest BCUT2D eigenvalue weighted by Crippen LogP contribution is 2.28. The predicted octanol–water partition coefficient (Wildman–Crippen LogP) is 3.56. The molecule has 0 fully saturated rings. The van der Waals surface area contributed by atoms with E-state index in [-0.39, 0.29) is 23.4 Å². The molecule has 4 nitrogen and oxygen atoms in total. The number of hydrogen-bond acceptors (Lipinski definition) is 4. The lowest BCUT2D eigenvalue weighted by Crippen LogP contribution is -2.42. The Morgan fingerprint density at radius 3 is 2.08 bits per heavy atom. The molecule has 0 spiro atoms. The van der Waals surface area contributed by atoms with E-state index in [4.69, 9.17) is 0 Å². The van der Waals surface area contributed by atoms with Gasteiger partial charge in [-0.05, 0) is 29.9 Å². The smallest absolute Gasteiger partial charge is 0.261 e. The molecule has 0 unspecified atom stereocenters. The fourth-order valence-corrected chi connectivity index (χ4v) is 3.72. The van der Waals surface area contributed by atoms with Gasteiger partial charge in [0.2, 0.25) is 0 Å². The third-order valence-corrected chi connectivity index (χ3v) is 4.99. The molecule has 128 valence electrons. The van der Waals surface area contributed by atoms with Crippen molar-refractivity contribution in [1.82, 2.24) is 4.90 Å². The van der Waals surface area contributed by atoms with Crippen LogP contribution in [0.3, 0.4) is 0 Å². The Morgan fingerprint density at radius 1 is 0.960 bits per heavy atom. The molecule has 0 aliphatic carbocycles. The van der Waals surface area contributed by atoms with E-state index in [0.29, 0.717) is 23.3 Å². The zero-order valence-electron chi connectivity index (χ0n) is 14.0. The summed E-state index contributed by atoms with van der Waals surface area (Å²) < 4.78 is 0. The summed E-state index contributed by atoms with van der Waals surface area (Å²) in [7, 11) is 0. The normalized spacial score (nSPS) is 14.5. The summed E-state index contributed by atoms with van der Waals surface area (Å²) in [5.74, 6) is 0.0607. The summed E-state index contributed by atoms with van der Waals surface area (Å²) in [4.78, 5) is 39.0. The SMILES string of the molecule is CCSC(=O)C[C@H](Cc1ccccc1)N1C(=O)c2ccccc2C1=O. The van der Waals surface area contributed by atoms with Crippen LogP contribution < -0.4 is 0 Å². The Hall–Kier alpha value is -2.40. The average Bonchev–Trinajstić information content (AvgIpc) is 2.87. The third-order valence-electron chi connectivity index (χ3n) is 4.21. The molecule has 0 saturated heterocycles. The summed E-state index contributed by atoms with van der Waals surface area (Å²) in [6.07, 6.45) is 0.640. The monoisotopic (exact) mass is 353 g/mol. The largest absolute Gasteiger partial charge is 0.287 e. The van der Waals surface area contributed by atoms with Crippen molar-refractivity contribution >= 4 is 28.7 Å². The maximum absolute atomic E-state index is 12.8. The molecule has 1 heterocycles. The minimum atomic E-state index is -0.471. The molecule has 0 radical (unpaired) electrons. The van der Waals surface area contributed by atoms with E-state index in [0.717, 1.165) is 5.56 Å². The van der Waals surface area contributed by atoms with E-state index in [2.05, 4.69) is 0 Å². The fourth-order valence-electron chi connectivity index (χ4n) is 3.09. The van der Waals surface area contributed by atoms with E-state index in [1.54, 1.807) is 24.3 Å². The van der Waals surface area contributed by atoms with Crippen LogP contribution in [-0.2, 0) is 11.2 Å². The molecule has 5 heteroatoms. The highest BCUT2D eigenvalue weighted by molar-refractivity contribution is 8.13. The Kier molecular flexibility index (Phi) is 5.34. The second-order valence-electron chi connectivity index (χ2n) is 5.88. The minimum absolute atomic E-state index is 0.0000118. The Balaban J connectivity index is 1.90. The van der Waals surface area contributed by atoms with Gasteiger partial charge in [-0.25, -0.2) is 0 Å². The van der Waals surface area contributed by atoms with Crippen LogP contribution >= 0.6 is 11.8 Å². The highest BCUT2D eigenvalue weighted by atomic mass is 32.2. The van der Waals surface area contributed by atoms with E-state index in [1.807, 2.05) is 37.3 Å². The minimum Gasteiger partial charge on any atom is -0.287 e. The number of imide groups is 1. The first-order valence-electron chi connectivity index (χ1n) is 8.28. The van der Waals surface area contributed by atoms with E-state index >= 15 is 0 Å². The number of carbonyl (C=O) groups is 3. The van der Waals surface area contributed by atoms with Crippen molar-refractivity contribution < 1.29 is 14.4 Å². The molecule has 2 amide bonds. The Morgan fingerprint density at radius 2 is 1.52 bits per heavy atom. The number of thioether (sulfide) groups is 1. The van der Waals surface area contributed by atoms with Crippen LogP contribution in [0.1, 0.15) is 39.6 Å². The molecule has 0 N–H and O–H groups in total. The van der Waals surface area contributed by atoms with Gasteiger partial charge >= 0.3 is 0 Å². The summed E-state index contributed by atoms with van der Waals surface area (Å²) >= 11 is 1.23. The van der Waals surface area contributed by atoms with Crippen molar-refractivity contribution in [3.05, 3.63) is 71.3 Å². The number of fused-ring (bicyclic) bond motifs is 1. The summed E-state index contributed by atoms with van der Waals surface area (Å²) in [5.41, 5.74) is 1.83. The molecule has 2 aromatic carbocycles. The quantitative estimate of drug-likeness (QED) is 0.745. The van der Waals surface area contributed by atoms with Crippen molar-refractivity contribution in [3.8, 4) is 0 Å². The molecule has 1 aliphatic heterocycles. The maximum atomic E-state index is 12.8. The lowest BCUT2D eigenvalue weighted by atomic mass is 10.0. The molecule has 1 atom stereocenters. The Bertz CT molecular complexity index is 769. The van der Waals surface area contributed by atoms with Gasteiger partial charge in [0.1, 0.15) is 0 Å².